The van der Waals surface area contributed by atoms with Gasteiger partial charge in [0.15, 0.2) is 11.6 Å². The molecule has 0 bridgehead atoms. The number of halogens is 3. The van der Waals surface area contributed by atoms with E-state index < -0.39 is 29.1 Å². The van der Waals surface area contributed by atoms with Crippen molar-refractivity contribution in [1.82, 2.24) is 4.98 Å². The minimum atomic E-state index is -1.31. The predicted octanol–water partition coefficient (Wildman–Crippen LogP) is 2.94. The van der Waals surface area contributed by atoms with Gasteiger partial charge in [0.25, 0.3) is 0 Å². The number of carboxylic acids is 1. The molecule has 0 unspecified atom stereocenters. The lowest BCUT2D eigenvalue weighted by atomic mass is 10.2. The van der Waals surface area contributed by atoms with E-state index in [2.05, 4.69) is 10.3 Å². The molecule has 1 heterocycles. The maximum absolute atomic E-state index is 13.4. The molecule has 0 saturated heterocycles. The van der Waals surface area contributed by atoms with Crippen molar-refractivity contribution in [2.75, 3.05) is 5.32 Å². The summed E-state index contributed by atoms with van der Waals surface area (Å²) >= 11 is 0. The number of aromatic nitrogens is 1. The topological polar surface area (TPSA) is 62.2 Å². The van der Waals surface area contributed by atoms with Crippen LogP contribution in [0.1, 0.15) is 10.4 Å². The molecule has 0 amide bonds. The third-order valence-corrected chi connectivity index (χ3v) is 2.32. The Labute approximate surface area is 105 Å². The Morgan fingerprint density at radius 2 is 1.84 bits per heavy atom. The zero-order valence-corrected chi connectivity index (χ0v) is 9.32. The van der Waals surface area contributed by atoms with E-state index in [1.807, 2.05) is 0 Å². The van der Waals surface area contributed by atoms with E-state index in [-0.39, 0.29) is 11.3 Å². The number of nitrogens with one attached hydrogen (secondary N) is 1. The lowest BCUT2D eigenvalue weighted by Crippen LogP contribution is -2.05. The van der Waals surface area contributed by atoms with Gasteiger partial charge < -0.3 is 10.4 Å². The van der Waals surface area contributed by atoms with Crippen molar-refractivity contribution >= 4 is 17.3 Å². The second kappa shape index (κ2) is 4.97. The molecule has 2 aromatic rings. The highest BCUT2D eigenvalue weighted by atomic mass is 19.1. The molecule has 0 aliphatic carbocycles. The van der Waals surface area contributed by atoms with E-state index >= 15 is 0 Å². The predicted molar refractivity (Wildman–Crippen MR) is 60.8 cm³/mol. The Morgan fingerprint density at radius 3 is 2.42 bits per heavy atom. The molecule has 0 atom stereocenters. The first-order valence-electron chi connectivity index (χ1n) is 5.08. The van der Waals surface area contributed by atoms with Crippen molar-refractivity contribution in [2.24, 2.45) is 0 Å². The molecule has 2 N–H and O–H groups in total. The zero-order chi connectivity index (χ0) is 14.0. The number of carbonyl (C=O) groups is 1. The van der Waals surface area contributed by atoms with Crippen molar-refractivity contribution in [2.45, 2.75) is 0 Å². The van der Waals surface area contributed by atoms with Crippen LogP contribution in [0.15, 0.2) is 30.6 Å². The summed E-state index contributed by atoms with van der Waals surface area (Å²) in [6.07, 6.45) is 2.29. The van der Waals surface area contributed by atoms with Crippen LogP contribution in [0.4, 0.5) is 24.5 Å². The van der Waals surface area contributed by atoms with Crippen molar-refractivity contribution in [3.05, 3.63) is 53.6 Å². The monoisotopic (exact) mass is 268 g/mol. The molecule has 0 radical (unpaired) electrons. The fourth-order valence-corrected chi connectivity index (χ4v) is 1.47. The summed E-state index contributed by atoms with van der Waals surface area (Å²) in [5.41, 5.74) is -0.937. The molecule has 0 aliphatic rings. The second-order valence-electron chi connectivity index (χ2n) is 3.60. The van der Waals surface area contributed by atoms with Crippen LogP contribution in [-0.4, -0.2) is 16.1 Å². The number of hydrogen-bond donors (Lipinski definition) is 2. The number of carboxylic acid groups (broad SMARTS) is 1. The van der Waals surface area contributed by atoms with E-state index in [4.69, 9.17) is 5.11 Å². The highest BCUT2D eigenvalue weighted by Crippen LogP contribution is 2.26. The van der Waals surface area contributed by atoms with Gasteiger partial charge in [0, 0.05) is 24.5 Å². The smallest absolute Gasteiger partial charge is 0.339 e. The van der Waals surface area contributed by atoms with Crippen LogP contribution in [-0.2, 0) is 0 Å². The third kappa shape index (κ3) is 2.65. The molecule has 98 valence electrons. The first-order valence-corrected chi connectivity index (χ1v) is 5.08. The van der Waals surface area contributed by atoms with Crippen LogP contribution in [0.2, 0.25) is 0 Å². The Bertz CT molecular complexity index is 624. The zero-order valence-electron chi connectivity index (χ0n) is 9.32. The standard InChI is InChI=1S/C12H7F3N2O2/c13-6-3-8(14)11(9(15)4-6)17-10-1-2-16-5-7(10)12(18)19/h1-5H,(H,16,17)(H,18,19). The fraction of sp³-hybridized carbons (Fsp3) is 0. The van der Waals surface area contributed by atoms with Gasteiger partial charge in [0.1, 0.15) is 17.1 Å². The minimum Gasteiger partial charge on any atom is -0.478 e. The summed E-state index contributed by atoms with van der Waals surface area (Å²) in [7, 11) is 0. The van der Waals surface area contributed by atoms with Crippen molar-refractivity contribution in [3.63, 3.8) is 0 Å². The highest BCUT2D eigenvalue weighted by molar-refractivity contribution is 5.94. The average molecular weight is 268 g/mol. The molecule has 19 heavy (non-hydrogen) atoms. The SMILES string of the molecule is O=C(O)c1cnccc1Nc1c(F)cc(F)cc1F. The number of rotatable bonds is 3. The Morgan fingerprint density at radius 1 is 1.21 bits per heavy atom. The molecular formula is C12H7F3N2O2. The number of aromatic carboxylic acids is 1. The quantitative estimate of drug-likeness (QED) is 0.898. The van der Waals surface area contributed by atoms with Gasteiger partial charge in [-0.25, -0.2) is 18.0 Å². The maximum Gasteiger partial charge on any atom is 0.339 e. The van der Waals surface area contributed by atoms with E-state index in [9.17, 15) is 18.0 Å². The average Bonchev–Trinajstić information content (AvgIpc) is 2.34. The normalized spacial score (nSPS) is 10.3. The van der Waals surface area contributed by atoms with E-state index in [0.717, 1.165) is 6.20 Å². The molecule has 0 aliphatic heterocycles. The summed E-state index contributed by atoms with van der Waals surface area (Å²) in [6, 6.07) is 2.23. The summed E-state index contributed by atoms with van der Waals surface area (Å²) in [5, 5.41) is 11.2. The van der Waals surface area contributed by atoms with Crippen LogP contribution in [0.3, 0.4) is 0 Å². The van der Waals surface area contributed by atoms with Gasteiger partial charge >= 0.3 is 5.97 Å². The molecule has 0 saturated carbocycles. The number of benzene rings is 1. The summed E-state index contributed by atoms with van der Waals surface area (Å²) in [5.74, 6) is -4.69. The fourth-order valence-electron chi connectivity index (χ4n) is 1.47. The van der Waals surface area contributed by atoms with E-state index in [0.29, 0.717) is 12.1 Å². The van der Waals surface area contributed by atoms with Gasteiger partial charge in [-0.15, -0.1) is 0 Å². The molecule has 1 aromatic heterocycles. The highest BCUT2D eigenvalue weighted by Gasteiger charge is 2.15. The summed E-state index contributed by atoms with van der Waals surface area (Å²) in [6.45, 7) is 0. The minimum absolute atomic E-state index is 0.0492. The van der Waals surface area contributed by atoms with Crippen LogP contribution in [0, 0.1) is 17.5 Å². The Kier molecular flexibility index (Phi) is 3.37. The lowest BCUT2D eigenvalue weighted by Gasteiger charge is -2.10. The first-order chi connectivity index (χ1) is 8.99. The van der Waals surface area contributed by atoms with Gasteiger partial charge in [0.2, 0.25) is 0 Å². The Balaban J connectivity index is 2.45. The molecule has 0 fully saturated rings. The van der Waals surface area contributed by atoms with Crippen LogP contribution >= 0.6 is 0 Å². The molecule has 1 aromatic carbocycles. The molecule has 4 nitrogen and oxygen atoms in total. The van der Waals surface area contributed by atoms with Crippen LogP contribution in [0.25, 0.3) is 0 Å². The van der Waals surface area contributed by atoms with Gasteiger partial charge in [-0.2, -0.15) is 0 Å². The first kappa shape index (κ1) is 12.9. The van der Waals surface area contributed by atoms with Crippen LogP contribution < -0.4 is 5.32 Å². The van der Waals surface area contributed by atoms with Crippen LogP contribution in [0.5, 0.6) is 0 Å². The van der Waals surface area contributed by atoms with Gasteiger partial charge in [-0.3, -0.25) is 4.98 Å². The summed E-state index contributed by atoms with van der Waals surface area (Å²) < 4.78 is 39.6. The van der Waals surface area contributed by atoms with E-state index in [1.54, 1.807) is 0 Å². The molecule has 2 rings (SSSR count). The number of anilines is 2. The van der Waals surface area contributed by atoms with Gasteiger partial charge in [0.05, 0.1) is 5.69 Å². The number of pyridine rings is 1. The van der Waals surface area contributed by atoms with Gasteiger partial charge in [-0.1, -0.05) is 0 Å². The summed E-state index contributed by atoms with van der Waals surface area (Å²) in [4.78, 5) is 14.5. The number of hydrogen-bond acceptors (Lipinski definition) is 3. The lowest BCUT2D eigenvalue weighted by molar-refractivity contribution is 0.0697. The Hall–Kier alpha value is -2.57. The second-order valence-corrected chi connectivity index (χ2v) is 3.60. The third-order valence-electron chi connectivity index (χ3n) is 2.32. The van der Waals surface area contributed by atoms with Crippen molar-refractivity contribution < 1.29 is 23.1 Å². The van der Waals surface area contributed by atoms with Gasteiger partial charge in [-0.05, 0) is 6.07 Å². The van der Waals surface area contributed by atoms with Crippen molar-refractivity contribution in [1.29, 1.82) is 0 Å². The number of nitrogens with zero attached hydrogens (tertiary/aromatic N) is 1. The maximum atomic E-state index is 13.4. The van der Waals surface area contributed by atoms with E-state index in [1.165, 1.54) is 12.3 Å². The largest absolute Gasteiger partial charge is 0.478 e. The molecular weight excluding hydrogens is 261 g/mol. The van der Waals surface area contributed by atoms with Crippen molar-refractivity contribution in [3.8, 4) is 0 Å². The molecule has 7 heteroatoms. The molecule has 0 spiro atoms.